The van der Waals surface area contributed by atoms with Crippen molar-refractivity contribution in [1.29, 1.82) is 0 Å². The van der Waals surface area contributed by atoms with Crippen molar-refractivity contribution < 1.29 is 23.8 Å². The smallest absolute Gasteiger partial charge is 0.407 e. The van der Waals surface area contributed by atoms with E-state index in [0.717, 1.165) is 6.07 Å². The lowest BCUT2D eigenvalue weighted by atomic mass is 10.2. The highest BCUT2D eigenvalue weighted by Gasteiger charge is 2.18. The van der Waals surface area contributed by atoms with Gasteiger partial charge in [0, 0.05) is 5.69 Å². The Hall–Kier alpha value is -2.88. The minimum Gasteiger partial charge on any atom is -0.453 e. The van der Waals surface area contributed by atoms with Crippen molar-refractivity contribution in [2.24, 2.45) is 5.16 Å². The molecule has 11 heteroatoms. The molecule has 0 fully saturated rings. The average molecular weight is 344 g/mol. The molecule has 0 atom stereocenters. The number of aromatic nitrogens is 2. The number of amidine groups is 1. The van der Waals surface area contributed by atoms with E-state index in [-0.39, 0.29) is 28.8 Å². The van der Waals surface area contributed by atoms with E-state index < -0.39 is 11.9 Å². The fraction of sp³-hybridized carbons (Fsp3) is 0.167. The zero-order valence-electron chi connectivity index (χ0n) is 11.7. The molecule has 23 heavy (non-hydrogen) atoms. The SMILES string of the molecule is COC(=O)NCc1nonc1C(=NO)Nc1ccc(F)c(Cl)c1. The summed E-state index contributed by atoms with van der Waals surface area (Å²) in [5, 5.41) is 24.3. The molecule has 0 aliphatic heterocycles. The Morgan fingerprint density at radius 1 is 1.52 bits per heavy atom. The molecule has 0 bridgehead atoms. The van der Waals surface area contributed by atoms with Crippen LogP contribution in [-0.4, -0.2) is 34.6 Å². The Balaban J connectivity index is 2.17. The maximum Gasteiger partial charge on any atom is 0.407 e. The second-order valence-electron chi connectivity index (χ2n) is 4.11. The Bertz CT molecular complexity index is 736. The number of carbonyl (C=O) groups excluding carboxylic acids is 1. The summed E-state index contributed by atoms with van der Waals surface area (Å²) >= 11 is 5.67. The number of ether oxygens (including phenoxy) is 1. The lowest BCUT2D eigenvalue weighted by Gasteiger charge is -2.07. The van der Waals surface area contributed by atoms with E-state index in [1.54, 1.807) is 0 Å². The van der Waals surface area contributed by atoms with Crippen molar-refractivity contribution >= 4 is 29.2 Å². The highest BCUT2D eigenvalue weighted by molar-refractivity contribution is 6.31. The van der Waals surface area contributed by atoms with Crippen LogP contribution in [0.4, 0.5) is 14.9 Å². The second kappa shape index (κ2) is 7.40. The summed E-state index contributed by atoms with van der Waals surface area (Å²) < 4.78 is 22.1. The van der Waals surface area contributed by atoms with Gasteiger partial charge in [0.25, 0.3) is 0 Å². The zero-order chi connectivity index (χ0) is 16.8. The van der Waals surface area contributed by atoms with Crippen LogP contribution in [0.25, 0.3) is 0 Å². The van der Waals surface area contributed by atoms with E-state index in [1.807, 2.05) is 0 Å². The van der Waals surface area contributed by atoms with Gasteiger partial charge in [-0.15, -0.1) is 0 Å². The van der Waals surface area contributed by atoms with Crippen LogP contribution in [0.2, 0.25) is 5.02 Å². The van der Waals surface area contributed by atoms with Crippen molar-refractivity contribution in [3.05, 3.63) is 40.4 Å². The number of methoxy groups -OCH3 is 1. The maximum atomic E-state index is 13.1. The first-order valence-corrected chi connectivity index (χ1v) is 6.50. The summed E-state index contributed by atoms with van der Waals surface area (Å²) in [6.45, 7) is -0.0730. The van der Waals surface area contributed by atoms with Gasteiger partial charge in [-0.1, -0.05) is 21.9 Å². The van der Waals surface area contributed by atoms with Crippen LogP contribution in [0.5, 0.6) is 0 Å². The highest BCUT2D eigenvalue weighted by Crippen LogP contribution is 2.20. The molecule has 1 amide bonds. The number of nitrogens with zero attached hydrogens (tertiary/aromatic N) is 3. The van der Waals surface area contributed by atoms with Gasteiger partial charge in [0.05, 0.1) is 18.7 Å². The van der Waals surface area contributed by atoms with Crippen molar-refractivity contribution in [3.63, 3.8) is 0 Å². The third-order valence-electron chi connectivity index (χ3n) is 2.65. The van der Waals surface area contributed by atoms with E-state index in [1.165, 1.54) is 19.2 Å². The summed E-state index contributed by atoms with van der Waals surface area (Å²) in [6.07, 6.45) is -0.681. The zero-order valence-corrected chi connectivity index (χ0v) is 12.5. The molecule has 2 aromatic rings. The van der Waals surface area contributed by atoms with E-state index >= 15 is 0 Å². The molecule has 0 saturated carbocycles. The number of halogens is 2. The van der Waals surface area contributed by atoms with Gasteiger partial charge >= 0.3 is 6.09 Å². The van der Waals surface area contributed by atoms with Crippen LogP contribution in [0.1, 0.15) is 11.4 Å². The summed E-state index contributed by atoms with van der Waals surface area (Å²) in [6, 6.07) is 3.81. The topological polar surface area (TPSA) is 122 Å². The van der Waals surface area contributed by atoms with Gasteiger partial charge < -0.3 is 20.6 Å². The van der Waals surface area contributed by atoms with E-state index in [2.05, 4.69) is 35.5 Å². The number of hydrogen-bond acceptors (Lipinski definition) is 7. The number of benzene rings is 1. The first-order valence-electron chi connectivity index (χ1n) is 6.13. The molecule has 0 radical (unpaired) electrons. The number of amides is 1. The number of nitrogens with one attached hydrogen (secondary N) is 2. The molecule has 0 unspecified atom stereocenters. The summed E-state index contributed by atoms with van der Waals surface area (Å²) in [4.78, 5) is 11.1. The minimum absolute atomic E-state index is 0.0457. The molecular weight excluding hydrogens is 333 g/mol. The number of oxime groups is 1. The third kappa shape index (κ3) is 4.07. The van der Waals surface area contributed by atoms with Gasteiger partial charge in [-0.25, -0.2) is 13.8 Å². The van der Waals surface area contributed by atoms with Gasteiger partial charge in [0.15, 0.2) is 5.69 Å². The lowest BCUT2D eigenvalue weighted by Crippen LogP contribution is -2.25. The standard InChI is InChI=1S/C12H11ClFN5O4/c1-22-12(20)15-5-9-10(19-23-18-9)11(17-21)16-6-2-3-8(14)7(13)4-6/h2-4,21H,5H2,1H3,(H,15,20)(H,16,17). The molecule has 0 aliphatic rings. The van der Waals surface area contributed by atoms with Crippen LogP contribution in [0.15, 0.2) is 28.0 Å². The number of anilines is 1. The Morgan fingerprint density at radius 2 is 2.30 bits per heavy atom. The van der Waals surface area contributed by atoms with E-state index in [9.17, 15) is 9.18 Å². The molecule has 122 valence electrons. The molecule has 1 heterocycles. The van der Waals surface area contributed by atoms with Gasteiger partial charge in [-0.2, -0.15) is 0 Å². The molecular formula is C12H11ClFN5O4. The minimum atomic E-state index is -0.681. The van der Waals surface area contributed by atoms with Gasteiger partial charge in [-0.05, 0) is 23.4 Å². The molecule has 0 aliphatic carbocycles. The highest BCUT2D eigenvalue weighted by atomic mass is 35.5. The molecule has 9 nitrogen and oxygen atoms in total. The van der Waals surface area contributed by atoms with Gasteiger partial charge in [0.2, 0.25) is 5.84 Å². The molecule has 0 saturated heterocycles. The Kier molecular flexibility index (Phi) is 5.31. The van der Waals surface area contributed by atoms with Crippen LogP contribution in [0.3, 0.4) is 0 Å². The molecule has 2 rings (SSSR count). The predicted octanol–water partition coefficient (Wildman–Crippen LogP) is 1.97. The number of hydrogen-bond donors (Lipinski definition) is 3. The molecule has 3 N–H and O–H groups in total. The van der Waals surface area contributed by atoms with Crippen molar-refractivity contribution in [2.45, 2.75) is 6.54 Å². The van der Waals surface area contributed by atoms with Gasteiger partial charge in [0.1, 0.15) is 11.5 Å². The lowest BCUT2D eigenvalue weighted by molar-refractivity contribution is 0.170. The molecule has 1 aromatic carbocycles. The monoisotopic (exact) mass is 343 g/mol. The number of alkyl carbamates (subject to hydrolysis) is 1. The number of rotatable bonds is 4. The average Bonchev–Trinajstić information content (AvgIpc) is 3.01. The summed E-state index contributed by atoms with van der Waals surface area (Å²) in [5.41, 5.74) is 0.576. The maximum absolute atomic E-state index is 13.1. The van der Waals surface area contributed by atoms with Crippen LogP contribution in [-0.2, 0) is 11.3 Å². The van der Waals surface area contributed by atoms with E-state index in [0.29, 0.717) is 5.69 Å². The summed E-state index contributed by atoms with van der Waals surface area (Å²) in [7, 11) is 1.21. The molecule has 1 aromatic heterocycles. The van der Waals surface area contributed by atoms with Crippen LogP contribution in [0, 0.1) is 5.82 Å². The van der Waals surface area contributed by atoms with Crippen molar-refractivity contribution in [2.75, 3.05) is 12.4 Å². The fourth-order valence-corrected chi connectivity index (χ4v) is 1.75. The first-order chi connectivity index (χ1) is 11.0. The van der Waals surface area contributed by atoms with Crippen molar-refractivity contribution in [3.8, 4) is 0 Å². The Morgan fingerprint density at radius 3 is 2.96 bits per heavy atom. The van der Waals surface area contributed by atoms with Crippen molar-refractivity contribution in [1.82, 2.24) is 15.6 Å². The normalized spacial score (nSPS) is 11.2. The fourth-order valence-electron chi connectivity index (χ4n) is 1.57. The van der Waals surface area contributed by atoms with E-state index in [4.69, 9.17) is 16.8 Å². The van der Waals surface area contributed by atoms with Crippen LogP contribution >= 0.6 is 11.6 Å². The van der Waals surface area contributed by atoms with Crippen LogP contribution < -0.4 is 10.6 Å². The largest absolute Gasteiger partial charge is 0.453 e. The summed E-state index contributed by atoms with van der Waals surface area (Å²) in [5.74, 6) is -0.721. The Labute approximate surface area is 134 Å². The molecule has 0 spiro atoms. The first kappa shape index (κ1) is 16.5. The quantitative estimate of drug-likeness (QED) is 0.335. The second-order valence-corrected chi connectivity index (χ2v) is 4.51. The number of carbonyl (C=O) groups is 1. The predicted molar refractivity (Wildman–Crippen MR) is 76.9 cm³/mol. The third-order valence-corrected chi connectivity index (χ3v) is 2.94. The van der Waals surface area contributed by atoms with Gasteiger partial charge in [-0.3, -0.25) is 0 Å².